The average Bonchev–Trinajstić information content (AvgIpc) is 2.96. The lowest BCUT2D eigenvalue weighted by Gasteiger charge is -2.13. The number of aryl methyl sites for hydroxylation is 1. The molecule has 0 aromatic carbocycles. The Morgan fingerprint density at radius 1 is 1.53 bits per heavy atom. The molecule has 0 saturated carbocycles. The van der Waals surface area contributed by atoms with Crippen molar-refractivity contribution in [2.24, 2.45) is 0 Å². The highest BCUT2D eigenvalue weighted by molar-refractivity contribution is 7.09. The molecule has 0 aliphatic heterocycles. The van der Waals surface area contributed by atoms with Crippen molar-refractivity contribution in [3.8, 4) is 10.7 Å². The Morgan fingerprint density at radius 2 is 2.32 bits per heavy atom. The smallest absolute Gasteiger partial charge is 0.306 e. The van der Waals surface area contributed by atoms with E-state index in [0.717, 1.165) is 10.6 Å². The van der Waals surface area contributed by atoms with Crippen LogP contribution in [-0.4, -0.2) is 54.1 Å². The summed E-state index contributed by atoms with van der Waals surface area (Å²) in [5, 5.41) is 24.0. The maximum Gasteiger partial charge on any atom is 0.306 e. The highest BCUT2D eigenvalue weighted by Crippen LogP contribution is 2.22. The second-order valence-electron chi connectivity index (χ2n) is 3.83. The number of carboxylic acid groups (broad SMARTS) is 1. The zero-order valence-corrected chi connectivity index (χ0v) is 11.2. The molecule has 1 atom stereocenters. The fraction of sp³-hybridized carbons (Fsp3) is 0.556. The molecular weight excluding hydrogens is 272 g/mol. The van der Waals surface area contributed by atoms with E-state index in [0.29, 0.717) is 5.82 Å². The Morgan fingerprint density at radius 3 is 2.89 bits per heavy atom. The average molecular weight is 284 g/mol. The predicted octanol–water partition coefficient (Wildman–Crippen LogP) is -0.0103. The molecule has 1 unspecified atom stereocenters. The van der Waals surface area contributed by atoms with Crippen LogP contribution >= 0.6 is 11.5 Å². The fourth-order valence-corrected chi connectivity index (χ4v) is 2.18. The quantitative estimate of drug-likeness (QED) is 0.787. The number of ether oxygens (including phenoxy) is 1. The van der Waals surface area contributed by atoms with Gasteiger partial charge >= 0.3 is 5.97 Å². The number of hydrogen-bond acceptors (Lipinski definition) is 8. The van der Waals surface area contributed by atoms with Crippen molar-refractivity contribution in [1.82, 2.24) is 29.8 Å². The highest BCUT2D eigenvalue weighted by Gasteiger charge is 2.19. The van der Waals surface area contributed by atoms with Crippen LogP contribution in [0.3, 0.4) is 0 Å². The summed E-state index contributed by atoms with van der Waals surface area (Å²) < 4.78 is 10.4. The molecule has 2 heterocycles. The number of aliphatic carboxylic acids is 1. The maximum atomic E-state index is 10.7. The predicted molar refractivity (Wildman–Crippen MR) is 64.5 cm³/mol. The lowest BCUT2D eigenvalue weighted by Crippen LogP contribution is -2.23. The lowest BCUT2D eigenvalue weighted by atomic mass is 10.2. The first-order valence-corrected chi connectivity index (χ1v) is 6.19. The van der Waals surface area contributed by atoms with Gasteiger partial charge in [-0.15, -0.1) is 10.2 Å². The minimum absolute atomic E-state index is 0.115. The molecule has 2 aromatic heterocycles. The molecule has 10 heteroatoms. The van der Waals surface area contributed by atoms with Gasteiger partial charge in [-0.05, 0) is 28.9 Å². The molecule has 2 rings (SSSR count). The van der Waals surface area contributed by atoms with E-state index >= 15 is 0 Å². The van der Waals surface area contributed by atoms with Crippen molar-refractivity contribution in [2.75, 3.05) is 7.11 Å². The van der Waals surface area contributed by atoms with E-state index in [2.05, 4.69) is 25.1 Å². The molecule has 0 aliphatic rings. The number of hydrogen-bond donors (Lipinski definition) is 1. The van der Waals surface area contributed by atoms with Gasteiger partial charge in [0.15, 0.2) is 5.82 Å². The summed E-state index contributed by atoms with van der Waals surface area (Å²) in [4.78, 5) is 11.5. The summed E-state index contributed by atoms with van der Waals surface area (Å²) in [6, 6.07) is 0. The third-order valence-electron chi connectivity index (χ3n) is 2.50. The summed E-state index contributed by atoms with van der Waals surface area (Å²) in [6.45, 7) is 2.06. The fourth-order valence-electron chi connectivity index (χ4n) is 1.54. The van der Waals surface area contributed by atoms with E-state index in [9.17, 15) is 4.79 Å². The second-order valence-corrected chi connectivity index (χ2v) is 4.58. The number of carbonyl (C=O) groups is 1. The number of carboxylic acids is 1. The zero-order chi connectivity index (χ0) is 13.8. The summed E-state index contributed by atoms with van der Waals surface area (Å²) >= 11 is 1.19. The molecule has 0 spiro atoms. The SMILES string of the molecule is COC(CC(=O)O)Cn1nnnc1-c1snnc1C. The first kappa shape index (κ1) is 13.5. The topological polar surface area (TPSA) is 116 Å². The molecule has 0 fully saturated rings. The second kappa shape index (κ2) is 5.80. The molecule has 0 bridgehead atoms. The van der Waals surface area contributed by atoms with Crippen LogP contribution in [-0.2, 0) is 16.1 Å². The van der Waals surface area contributed by atoms with Gasteiger partial charge in [-0.2, -0.15) is 0 Å². The van der Waals surface area contributed by atoms with Crippen LogP contribution in [0.2, 0.25) is 0 Å². The number of methoxy groups -OCH3 is 1. The molecule has 0 amide bonds. The summed E-state index contributed by atoms with van der Waals surface area (Å²) in [6.07, 6.45) is -0.614. The van der Waals surface area contributed by atoms with E-state index in [-0.39, 0.29) is 13.0 Å². The molecule has 9 nitrogen and oxygen atoms in total. The van der Waals surface area contributed by atoms with Crippen molar-refractivity contribution < 1.29 is 14.6 Å². The van der Waals surface area contributed by atoms with Gasteiger partial charge in [0.1, 0.15) is 4.88 Å². The van der Waals surface area contributed by atoms with E-state index in [4.69, 9.17) is 9.84 Å². The molecule has 2 aromatic rings. The van der Waals surface area contributed by atoms with Gasteiger partial charge in [-0.1, -0.05) is 4.49 Å². The Bertz CT molecular complexity index is 568. The largest absolute Gasteiger partial charge is 0.481 e. The number of aromatic nitrogens is 6. The van der Waals surface area contributed by atoms with Gasteiger partial charge in [0.25, 0.3) is 0 Å². The van der Waals surface area contributed by atoms with Gasteiger partial charge in [0.2, 0.25) is 0 Å². The Kier molecular flexibility index (Phi) is 4.12. The number of nitrogens with zero attached hydrogens (tertiary/aromatic N) is 6. The molecule has 1 N–H and O–H groups in total. The Balaban J connectivity index is 2.20. The number of rotatable bonds is 6. The Labute approximate surface area is 112 Å². The van der Waals surface area contributed by atoms with Crippen LogP contribution in [0.25, 0.3) is 10.7 Å². The van der Waals surface area contributed by atoms with Gasteiger partial charge in [0, 0.05) is 7.11 Å². The standard InChI is InChI=1S/C9H12N6O3S/c1-5-8(19-14-10-5)9-11-12-13-15(9)4-6(18-2)3-7(16)17/h6H,3-4H2,1-2H3,(H,16,17). The van der Waals surface area contributed by atoms with Crippen LogP contribution in [0.1, 0.15) is 12.1 Å². The first-order chi connectivity index (χ1) is 9.11. The Hall–Kier alpha value is -1.94. The van der Waals surface area contributed by atoms with Crippen LogP contribution < -0.4 is 0 Å². The third kappa shape index (κ3) is 3.09. The van der Waals surface area contributed by atoms with Crippen molar-refractivity contribution >= 4 is 17.5 Å². The summed E-state index contributed by atoms with van der Waals surface area (Å²) in [5.41, 5.74) is 0.730. The van der Waals surface area contributed by atoms with Crippen molar-refractivity contribution in [1.29, 1.82) is 0 Å². The zero-order valence-electron chi connectivity index (χ0n) is 10.3. The first-order valence-electron chi connectivity index (χ1n) is 5.42. The molecule has 102 valence electrons. The molecule has 19 heavy (non-hydrogen) atoms. The monoisotopic (exact) mass is 284 g/mol. The van der Waals surface area contributed by atoms with Gasteiger partial charge in [0.05, 0.1) is 24.8 Å². The van der Waals surface area contributed by atoms with Crippen molar-refractivity contribution in [3.05, 3.63) is 5.69 Å². The minimum atomic E-state index is -0.933. The van der Waals surface area contributed by atoms with Crippen LogP contribution in [0.4, 0.5) is 0 Å². The van der Waals surface area contributed by atoms with Gasteiger partial charge in [-0.25, -0.2) is 4.68 Å². The van der Waals surface area contributed by atoms with E-state index in [1.54, 1.807) is 0 Å². The highest BCUT2D eigenvalue weighted by atomic mass is 32.1. The maximum absolute atomic E-state index is 10.7. The summed E-state index contributed by atoms with van der Waals surface area (Å²) in [7, 11) is 1.46. The molecule has 0 saturated heterocycles. The van der Waals surface area contributed by atoms with Crippen LogP contribution in [0, 0.1) is 6.92 Å². The molecule has 0 aliphatic carbocycles. The molecule has 0 radical (unpaired) electrons. The lowest BCUT2D eigenvalue weighted by molar-refractivity contribution is -0.139. The number of tetrazole rings is 1. The summed E-state index contributed by atoms with van der Waals surface area (Å²) in [5.74, 6) is -0.419. The van der Waals surface area contributed by atoms with Crippen molar-refractivity contribution in [3.63, 3.8) is 0 Å². The van der Waals surface area contributed by atoms with Gasteiger partial charge < -0.3 is 9.84 Å². The van der Waals surface area contributed by atoms with E-state index < -0.39 is 12.1 Å². The van der Waals surface area contributed by atoms with Crippen LogP contribution in [0.15, 0.2) is 0 Å². The van der Waals surface area contributed by atoms with Crippen LogP contribution in [0.5, 0.6) is 0 Å². The van der Waals surface area contributed by atoms with Gasteiger partial charge in [-0.3, -0.25) is 4.79 Å². The normalized spacial score (nSPS) is 12.5. The van der Waals surface area contributed by atoms with E-state index in [1.165, 1.54) is 23.3 Å². The molecular formula is C9H12N6O3S. The minimum Gasteiger partial charge on any atom is -0.481 e. The van der Waals surface area contributed by atoms with Crippen molar-refractivity contribution in [2.45, 2.75) is 26.0 Å². The third-order valence-corrected chi connectivity index (χ3v) is 3.32. The van der Waals surface area contributed by atoms with E-state index in [1.807, 2.05) is 6.92 Å².